The van der Waals surface area contributed by atoms with Crippen LogP contribution in [-0.4, -0.2) is 0 Å². The Hall–Kier alpha value is -1.60. The summed E-state index contributed by atoms with van der Waals surface area (Å²) in [5, 5.41) is 0. The van der Waals surface area contributed by atoms with Gasteiger partial charge in [-0.15, -0.1) is 39.5 Å². The highest BCUT2D eigenvalue weighted by molar-refractivity contribution is 4.79. The summed E-state index contributed by atoms with van der Waals surface area (Å²) in [5.74, 6) is 0. The first-order valence-corrected chi connectivity index (χ1v) is 6.90. The standard InChI is InChI=1S/2C7H12.C5H8.CH4.H3N/c2*1-3-5-7-6-4-2;1-3-5-4-2;;/h2*3-4H,1-2,5-7H2;3-4H,1-2,5H2;1H4;1H3. The molecule has 124 valence electrons. The van der Waals surface area contributed by atoms with Crippen LogP contribution in [0.1, 0.15) is 52.4 Å². The van der Waals surface area contributed by atoms with Crippen molar-refractivity contribution < 1.29 is 0 Å². The Morgan fingerprint density at radius 1 is 0.476 bits per heavy atom. The molecule has 0 saturated carbocycles. The van der Waals surface area contributed by atoms with E-state index in [9.17, 15) is 0 Å². The van der Waals surface area contributed by atoms with Crippen molar-refractivity contribution in [1.29, 1.82) is 0 Å². The van der Waals surface area contributed by atoms with Crippen LogP contribution in [0.25, 0.3) is 0 Å². The van der Waals surface area contributed by atoms with Gasteiger partial charge in [0.1, 0.15) is 0 Å². The second-order valence-corrected chi connectivity index (χ2v) is 3.83. The molecular formula is C20H39N. The van der Waals surface area contributed by atoms with Gasteiger partial charge in [0.15, 0.2) is 0 Å². The SMILES string of the molecule is C.C=CCC=C.C=CCCCC=C.C=CCCCC=C.N. The molecule has 1 nitrogen and oxygen atoms in total. The fourth-order valence-corrected chi connectivity index (χ4v) is 0.931. The third kappa shape index (κ3) is 70.1. The van der Waals surface area contributed by atoms with Gasteiger partial charge in [-0.25, -0.2) is 0 Å². The average Bonchev–Trinajstić information content (AvgIpc) is 2.42. The molecule has 0 aromatic rings. The van der Waals surface area contributed by atoms with Gasteiger partial charge in [0.25, 0.3) is 0 Å². The van der Waals surface area contributed by atoms with E-state index in [0.717, 1.165) is 32.1 Å². The topological polar surface area (TPSA) is 35.0 Å². The number of allylic oxidation sites excluding steroid dienone is 6. The van der Waals surface area contributed by atoms with E-state index < -0.39 is 0 Å². The van der Waals surface area contributed by atoms with Gasteiger partial charge in [0.05, 0.1) is 0 Å². The molecule has 21 heavy (non-hydrogen) atoms. The summed E-state index contributed by atoms with van der Waals surface area (Å²) in [4.78, 5) is 0. The van der Waals surface area contributed by atoms with Crippen LogP contribution in [0.15, 0.2) is 75.9 Å². The van der Waals surface area contributed by atoms with E-state index in [0.29, 0.717) is 0 Å². The maximum Gasteiger partial charge on any atom is -0.0175 e. The Labute approximate surface area is 135 Å². The van der Waals surface area contributed by atoms with Gasteiger partial charge in [0.2, 0.25) is 0 Å². The van der Waals surface area contributed by atoms with Gasteiger partial charge >= 0.3 is 0 Å². The van der Waals surface area contributed by atoms with Crippen LogP contribution in [0.4, 0.5) is 0 Å². The summed E-state index contributed by atoms with van der Waals surface area (Å²) in [6, 6.07) is 0. The van der Waals surface area contributed by atoms with Gasteiger partial charge in [-0.3, -0.25) is 0 Å². The molecule has 0 heterocycles. The molecule has 0 aliphatic carbocycles. The zero-order chi connectivity index (χ0) is 15.2. The quantitative estimate of drug-likeness (QED) is 0.326. The molecule has 0 aromatic carbocycles. The summed E-state index contributed by atoms with van der Waals surface area (Å²) >= 11 is 0. The first kappa shape index (κ1) is 31.7. The van der Waals surface area contributed by atoms with Crippen molar-refractivity contribution >= 4 is 0 Å². The summed E-state index contributed by atoms with van der Waals surface area (Å²) in [6.45, 7) is 21.4. The maximum absolute atomic E-state index is 3.60. The summed E-state index contributed by atoms with van der Waals surface area (Å²) in [6.07, 6.45) is 19.1. The van der Waals surface area contributed by atoms with E-state index in [-0.39, 0.29) is 13.6 Å². The lowest BCUT2D eigenvalue weighted by atomic mass is 10.2. The van der Waals surface area contributed by atoms with E-state index in [4.69, 9.17) is 0 Å². The number of rotatable bonds is 10. The lowest BCUT2D eigenvalue weighted by Gasteiger charge is -1.84. The van der Waals surface area contributed by atoms with Crippen molar-refractivity contribution in [3.05, 3.63) is 75.9 Å². The molecule has 1 heteroatoms. The fraction of sp³-hybridized carbons (Fsp3) is 0.400. The molecule has 0 unspecified atom stereocenters. The molecule has 0 amide bonds. The summed E-state index contributed by atoms with van der Waals surface area (Å²) in [5.41, 5.74) is 0. The largest absolute Gasteiger partial charge is 0.344 e. The first-order chi connectivity index (χ1) is 9.24. The van der Waals surface area contributed by atoms with Gasteiger partial charge in [-0.1, -0.05) is 43.9 Å². The van der Waals surface area contributed by atoms with Gasteiger partial charge < -0.3 is 6.15 Å². The van der Waals surface area contributed by atoms with Gasteiger partial charge in [0, 0.05) is 0 Å². The minimum Gasteiger partial charge on any atom is -0.344 e. The van der Waals surface area contributed by atoms with Gasteiger partial charge in [-0.2, -0.15) is 0 Å². The molecule has 0 aliphatic rings. The zero-order valence-corrected chi connectivity index (χ0v) is 13.4. The Bertz CT molecular complexity index is 186. The van der Waals surface area contributed by atoms with E-state index in [2.05, 4.69) is 39.5 Å². The normalized spacial score (nSPS) is 6.86. The molecular weight excluding hydrogens is 254 g/mol. The molecule has 0 saturated heterocycles. The third-order valence-electron chi connectivity index (χ3n) is 1.97. The second-order valence-electron chi connectivity index (χ2n) is 3.83. The van der Waals surface area contributed by atoms with E-state index in [1.807, 2.05) is 36.5 Å². The maximum atomic E-state index is 3.60. The van der Waals surface area contributed by atoms with Crippen molar-refractivity contribution in [3.8, 4) is 0 Å². The smallest absolute Gasteiger partial charge is 0.0175 e. The molecule has 0 atom stereocenters. The lowest BCUT2D eigenvalue weighted by molar-refractivity contribution is 0.871. The van der Waals surface area contributed by atoms with Crippen LogP contribution < -0.4 is 6.15 Å². The van der Waals surface area contributed by atoms with Crippen LogP contribution in [0.3, 0.4) is 0 Å². The number of unbranched alkanes of at least 4 members (excludes halogenated alkanes) is 4. The van der Waals surface area contributed by atoms with Crippen molar-refractivity contribution in [2.75, 3.05) is 0 Å². The van der Waals surface area contributed by atoms with Crippen molar-refractivity contribution in [1.82, 2.24) is 6.15 Å². The predicted octanol–water partition coefficient (Wildman–Crippen LogP) is 7.60. The number of hydrogen-bond donors (Lipinski definition) is 1. The van der Waals surface area contributed by atoms with Crippen molar-refractivity contribution in [3.63, 3.8) is 0 Å². The minimum atomic E-state index is 0. The van der Waals surface area contributed by atoms with Crippen LogP contribution in [-0.2, 0) is 0 Å². The Balaban J connectivity index is -0.0000000590. The Morgan fingerprint density at radius 2 is 0.714 bits per heavy atom. The molecule has 0 spiro atoms. The molecule has 0 aromatic heterocycles. The second kappa shape index (κ2) is 42.9. The number of hydrogen-bond acceptors (Lipinski definition) is 1. The van der Waals surface area contributed by atoms with Crippen LogP contribution in [0.2, 0.25) is 0 Å². The van der Waals surface area contributed by atoms with Gasteiger partial charge in [-0.05, 0) is 44.9 Å². The van der Waals surface area contributed by atoms with Crippen LogP contribution >= 0.6 is 0 Å². The van der Waals surface area contributed by atoms with Crippen molar-refractivity contribution in [2.24, 2.45) is 0 Å². The van der Waals surface area contributed by atoms with Crippen molar-refractivity contribution in [2.45, 2.75) is 52.4 Å². The highest BCUT2D eigenvalue weighted by Crippen LogP contribution is 1.94. The molecule has 0 aliphatic heterocycles. The third-order valence-corrected chi connectivity index (χ3v) is 1.97. The summed E-state index contributed by atoms with van der Waals surface area (Å²) in [7, 11) is 0. The highest BCUT2D eigenvalue weighted by atomic mass is 14.0. The lowest BCUT2D eigenvalue weighted by Crippen LogP contribution is -1.64. The van der Waals surface area contributed by atoms with E-state index in [1.165, 1.54) is 12.8 Å². The zero-order valence-electron chi connectivity index (χ0n) is 13.4. The van der Waals surface area contributed by atoms with Crippen LogP contribution in [0.5, 0.6) is 0 Å². The van der Waals surface area contributed by atoms with Crippen LogP contribution in [0, 0.1) is 0 Å². The first-order valence-electron chi connectivity index (χ1n) is 6.90. The van der Waals surface area contributed by atoms with E-state index in [1.54, 1.807) is 0 Å². The Kier molecular flexibility index (Phi) is 64.7. The monoisotopic (exact) mass is 293 g/mol. The fourth-order valence-electron chi connectivity index (χ4n) is 0.931. The molecule has 0 bridgehead atoms. The molecule has 0 radical (unpaired) electrons. The average molecular weight is 294 g/mol. The predicted molar refractivity (Wildman–Crippen MR) is 105 cm³/mol. The highest BCUT2D eigenvalue weighted by Gasteiger charge is 1.74. The Morgan fingerprint density at radius 3 is 0.810 bits per heavy atom. The molecule has 0 fully saturated rings. The minimum absolute atomic E-state index is 0. The molecule has 3 N–H and O–H groups in total. The molecule has 0 rings (SSSR count). The van der Waals surface area contributed by atoms with E-state index >= 15 is 0 Å². The summed E-state index contributed by atoms with van der Waals surface area (Å²) < 4.78 is 0.